The van der Waals surface area contributed by atoms with E-state index in [-0.39, 0.29) is 46.1 Å². The van der Waals surface area contributed by atoms with E-state index in [1.54, 1.807) is 6.92 Å². The molecule has 1 unspecified atom stereocenters. The molecular weight excluding hydrogens is 402 g/mol. The minimum absolute atomic E-state index is 0.0151. The Morgan fingerprint density at radius 3 is 2.32 bits per heavy atom. The second-order valence-corrected chi connectivity index (χ2v) is 7.68. The Balaban J connectivity index is 1.98. The topological polar surface area (TPSA) is 130 Å². The van der Waals surface area contributed by atoms with Crippen molar-refractivity contribution >= 4 is 23.4 Å². The number of amides is 1. The first-order valence-corrected chi connectivity index (χ1v) is 9.91. The average molecular weight is 425 g/mol. The standard InChI is InChI=1S/C23H23NO7/c1-4-31-23(30)15(8-11(2)3)24-22(29)12-9-14-19(17(26)10-12)21(28)18-13(20(14)27)6-5-7-16(18)25/h5-7,9-11,15,25-26H,4,8H2,1-3H3,(H,24,29). The predicted molar refractivity (Wildman–Crippen MR) is 110 cm³/mol. The third-order valence-electron chi connectivity index (χ3n) is 4.95. The molecule has 31 heavy (non-hydrogen) atoms. The van der Waals surface area contributed by atoms with Crippen molar-refractivity contribution in [2.45, 2.75) is 33.2 Å². The zero-order valence-corrected chi connectivity index (χ0v) is 17.4. The van der Waals surface area contributed by atoms with Crippen LogP contribution in [0.15, 0.2) is 30.3 Å². The monoisotopic (exact) mass is 425 g/mol. The summed E-state index contributed by atoms with van der Waals surface area (Å²) in [6.45, 7) is 5.60. The molecule has 2 aromatic rings. The molecule has 0 aliphatic heterocycles. The van der Waals surface area contributed by atoms with Crippen molar-refractivity contribution in [3.8, 4) is 11.5 Å². The molecule has 3 N–H and O–H groups in total. The van der Waals surface area contributed by atoms with Gasteiger partial charge in [0.2, 0.25) is 5.78 Å². The molecule has 0 spiro atoms. The van der Waals surface area contributed by atoms with Crippen molar-refractivity contribution in [1.29, 1.82) is 0 Å². The molecule has 1 atom stereocenters. The number of ether oxygens (including phenoxy) is 1. The van der Waals surface area contributed by atoms with Crippen LogP contribution in [0.1, 0.15) is 69.4 Å². The van der Waals surface area contributed by atoms with E-state index < -0.39 is 35.2 Å². The van der Waals surface area contributed by atoms with Gasteiger partial charge in [-0.2, -0.15) is 0 Å². The highest BCUT2D eigenvalue weighted by Gasteiger charge is 2.35. The lowest BCUT2D eigenvalue weighted by atomic mass is 9.82. The van der Waals surface area contributed by atoms with E-state index in [2.05, 4.69) is 5.32 Å². The van der Waals surface area contributed by atoms with Gasteiger partial charge in [-0.05, 0) is 37.5 Å². The van der Waals surface area contributed by atoms with Crippen molar-refractivity contribution in [3.63, 3.8) is 0 Å². The molecule has 0 saturated carbocycles. The van der Waals surface area contributed by atoms with Crippen molar-refractivity contribution in [2.24, 2.45) is 5.92 Å². The van der Waals surface area contributed by atoms with Crippen LogP contribution in [0.4, 0.5) is 0 Å². The molecule has 1 aliphatic carbocycles. The van der Waals surface area contributed by atoms with Crippen molar-refractivity contribution in [2.75, 3.05) is 6.61 Å². The molecule has 8 heteroatoms. The quantitative estimate of drug-likeness (QED) is 0.518. The lowest BCUT2D eigenvalue weighted by Gasteiger charge is -2.21. The van der Waals surface area contributed by atoms with Crippen molar-refractivity contribution in [1.82, 2.24) is 5.32 Å². The fourth-order valence-corrected chi connectivity index (χ4v) is 3.58. The van der Waals surface area contributed by atoms with Crippen LogP contribution in [-0.4, -0.2) is 46.3 Å². The molecule has 2 aromatic carbocycles. The zero-order chi connectivity index (χ0) is 22.9. The molecule has 0 aromatic heterocycles. The number of phenolic OH excluding ortho intramolecular Hbond substituents is 2. The van der Waals surface area contributed by atoms with Gasteiger partial charge in [0.25, 0.3) is 5.91 Å². The van der Waals surface area contributed by atoms with Crippen LogP contribution >= 0.6 is 0 Å². The number of nitrogens with one attached hydrogen (secondary N) is 1. The number of ketones is 2. The van der Waals surface area contributed by atoms with Gasteiger partial charge in [0.05, 0.1) is 17.7 Å². The Hall–Kier alpha value is -3.68. The third-order valence-corrected chi connectivity index (χ3v) is 4.95. The first-order chi connectivity index (χ1) is 14.6. The summed E-state index contributed by atoms with van der Waals surface area (Å²) in [5, 5.41) is 23.0. The summed E-state index contributed by atoms with van der Waals surface area (Å²) in [5.74, 6) is -3.43. The Morgan fingerprint density at radius 2 is 1.68 bits per heavy atom. The summed E-state index contributed by atoms with van der Waals surface area (Å²) in [7, 11) is 0. The molecule has 0 heterocycles. The third kappa shape index (κ3) is 4.14. The molecule has 0 saturated heterocycles. The summed E-state index contributed by atoms with van der Waals surface area (Å²) >= 11 is 0. The van der Waals surface area contributed by atoms with E-state index in [0.29, 0.717) is 6.42 Å². The van der Waals surface area contributed by atoms with Gasteiger partial charge in [-0.3, -0.25) is 14.4 Å². The molecule has 0 fully saturated rings. The van der Waals surface area contributed by atoms with E-state index >= 15 is 0 Å². The van der Waals surface area contributed by atoms with Gasteiger partial charge >= 0.3 is 5.97 Å². The fraction of sp³-hybridized carbons (Fsp3) is 0.304. The number of benzene rings is 2. The van der Waals surface area contributed by atoms with Gasteiger partial charge < -0.3 is 20.3 Å². The normalized spacial score (nSPS) is 13.4. The number of hydrogen-bond acceptors (Lipinski definition) is 7. The molecule has 8 nitrogen and oxygen atoms in total. The predicted octanol–water partition coefficient (Wildman–Crippen LogP) is 2.58. The van der Waals surface area contributed by atoms with Crippen LogP contribution in [0.25, 0.3) is 0 Å². The fourth-order valence-electron chi connectivity index (χ4n) is 3.58. The maximum absolute atomic E-state index is 12.9. The minimum Gasteiger partial charge on any atom is -0.507 e. The van der Waals surface area contributed by atoms with Gasteiger partial charge in [0, 0.05) is 16.7 Å². The van der Waals surface area contributed by atoms with Crippen LogP contribution in [0.5, 0.6) is 11.5 Å². The minimum atomic E-state index is -0.902. The van der Waals surface area contributed by atoms with Crippen molar-refractivity contribution < 1.29 is 34.1 Å². The Morgan fingerprint density at radius 1 is 1.00 bits per heavy atom. The summed E-state index contributed by atoms with van der Waals surface area (Å²) in [6.07, 6.45) is 0.339. The molecule has 0 bridgehead atoms. The summed E-state index contributed by atoms with van der Waals surface area (Å²) in [4.78, 5) is 50.7. The largest absolute Gasteiger partial charge is 0.507 e. The number of fused-ring (bicyclic) bond motifs is 2. The number of phenols is 2. The maximum Gasteiger partial charge on any atom is 0.328 e. The summed E-state index contributed by atoms with van der Waals surface area (Å²) in [5.41, 5.74) is -0.714. The summed E-state index contributed by atoms with van der Waals surface area (Å²) in [6, 6.07) is 5.45. The second-order valence-electron chi connectivity index (χ2n) is 7.68. The average Bonchev–Trinajstić information content (AvgIpc) is 2.70. The smallest absolute Gasteiger partial charge is 0.328 e. The Kier molecular flexibility index (Phi) is 6.10. The molecule has 0 radical (unpaired) electrons. The zero-order valence-electron chi connectivity index (χ0n) is 17.4. The number of hydrogen-bond donors (Lipinski definition) is 3. The van der Waals surface area contributed by atoms with Gasteiger partial charge in [0.15, 0.2) is 5.78 Å². The van der Waals surface area contributed by atoms with Crippen LogP contribution < -0.4 is 5.32 Å². The Bertz CT molecular complexity index is 1090. The van der Waals surface area contributed by atoms with Gasteiger partial charge in [-0.15, -0.1) is 0 Å². The van der Waals surface area contributed by atoms with Crippen LogP contribution in [0, 0.1) is 5.92 Å². The van der Waals surface area contributed by atoms with Gasteiger partial charge in [-0.1, -0.05) is 26.0 Å². The van der Waals surface area contributed by atoms with E-state index in [9.17, 15) is 29.4 Å². The molecular formula is C23H23NO7. The van der Waals surface area contributed by atoms with Gasteiger partial charge in [0.1, 0.15) is 17.5 Å². The SMILES string of the molecule is CCOC(=O)C(CC(C)C)NC(=O)c1cc(O)c2c(c1)C(=O)c1cccc(O)c1C2=O. The number of rotatable bonds is 6. The highest BCUT2D eigenvalue weighted by molar-refractivity contribution is 6.30. The first-order valence-electron chi connectivity index (χ1n) is 9.91. The second kappa shape index (κ2) is 8.59. The van der Waals surface area contributed by atoms with Crippen LogP contribution in [0.2, 0.25) is 0 Å². The highest BCUT2D eigenvalue weighted by atomic mass is 16.5. The first kappa shape index (κ1) is 22.0. The van der Waals surface area contributed by atoms with E-state index in [4.69, 9.17) is 4.74 Å². The molecule has 1 aliphatic rings. The number of aromatic hydroxyl groups is 2. The van der Waals surface area contributed by atoms with E-state index in [0.717, 1.165) is 6.07 Å². The number of esters is 1. The van der Waals surface area contributed by atoms with E-state index in [1.807, 2.05) is 13.8 Å². The highest BCUT2D eigenvalue weighted by Crippen LogP contribution is 2.37. The number of carbonyl (C=O) groups excluding carboxylic acids is 4. The van der Waals surface area contributed by atoms with Crippen LogP contribution in [0.3, 0.4) is 0 Å². The van der Waals surface area contributed by atoms with E-state index in [1.165, 1.54) is 24.3 Å². The van der Waals surface area contributed by atoms with Crippen LogP contribution in [-0.2, 0) is 9.53 Å². The lowest BCUT2D eigenvalue weighted by Crippen LogP contribution is -2.42. The van der Waals surface area contributed by atoms with Crippen molar-refractivity contribution in [3.05, 3.63) is 58.1 Å². The van der Waals surface area contributed by atoms with Gasteiger partial charge in [-0.25, -0.2) is 4.79 Å². The summed E-state index contributed by atoms with van der Waals surface area (Å²) < 4.78 is 5.01. The molecule has 162 valence electrons. The maximum atomic E-state index is 12.9. The lowest BCUT2D eigenvalue weighted by molar-refractivity contribution is -0.145. The Labute approximate surface area is 178 Å². The molecule has 3 rings (SSSR count). The number of carbonyl (C=O) groups is 4. The molecule has 1 amide bonds.